The van der Waals surface area contributed by atoms with Gasteiger partial charge in [-0.25, -0.2) is 0 Å². The van der Waals surface area contributed by atoms with Crippen LogP contribution in [-0.4, -0.2) is 12.1 Å². The maximum absolute atomic E-state index is 13.3. The van der Waals surface area contributed by atoms with Crippen LogP contribution in [0.2, 0.25) is 0 Å². The summed E-state index contributed by atoms with van der Waals surface area (Å²) in [5, 5.41) is 0. The van der Waals surface area contributed by atoms with E-state index in [1.807, 2.05) is 12.1 Å². The molecule has 2 nitrogen and oxygen atoms in total. The normalized spacial score (nSPS) is 32.1. The van der Waals surface area contributed by atoms with Gasteiger partial charge in [0.05, 0.1) is 5.92 Å². The van der Waals surface area contributed by atoms with Gasteiger partial charge in [0.15, 0.2) is 0 Å². The van der Waals surface area contributed by atoms with E-state index in [1.54, 1.807) is 0 Å². The molecule has 2 heteroatoms. The number of esters is 1. The summed E-state index contributed by atoms with van der Waals surface area (Å²) < 4.78 is 6.22. The summed E-state index contributed by atoms with van der Waals surface area (Å²) >= 11 is 0. The molecule has 2 aromatic carbocycles. The van der Waals surface area contributed by atoms with Crippen molar-refractivity contribution in [3.8, 4) is 0 Å². The molecule has 0 radical (unpaired) electrons. The maximum Gasteiger partial charge on any atom is 0.310 e. The molecular formula is C26H32O2. The molecule has 0 aromatic heterocycles. The van der Waals surface area contributed by atoms with E-state index < -0.39 is 0 Å². The zero-order valence-electron chi connectivity index (χ0n) is 17.3. The lowest BCUT2D eigenvalue weighted by Gasteiger charge is -2.36. The summed E-state index contributed by atoms with van der Waals surface area (Å²) in [5.41, 5.74) is 2.49. The highest BCUT2D eigenvalue weighted by atomic mass is 16.5. The lowest BCUT2D eigenvalue weighted by molar-refractivity contribution is -0.157. The van der Waals surface area contributed by atoms with E-state index >= 15 is 0 Å². The highest BCUT2D eigenvalue weighted by Crippen LogP contribution is 2.61. The number of carbonyl (C=O) groups is 1. The second kappa shape index (κ2) is 8.11. The van der Waals surface area contributed by atoms with Crippen LogP contribution in [0, 0.1) is 23.7 Å². The Morgan fingerprint density at radius 1 is 0.893 bits per heavy atom. The summed E-state index contributed by atoms with van der Waals surface area (Å²) in [6.07, 6.45) is 3.50. The Bertz CT molecular complexity index is 737. The van der Waals surface area contributed by atoms with Crippen molar-refractivity contribution in [2.24, 2.45) is 23.7 Å². The van der Waals surface area contributed by atoms with Crippen molar-refractivity contribution >= 4 is 5.97 Å². The van der Waals surface area contributed by atoms with E-state index in [1.165, 1.54) is 24.0 Å². The molecule has 2 saturated carbocycles. The first-order valence-corrected chi connectivity index (χ1v) is 10.9. The quantitative estimate of drug-likeness (QED) is 0.582. The molecular weight excluding hydrogens is 344 g/mol. The van der Waals surface area contributed by atoms with Crippen molar-refractivity contribution in [2.75, 3.05) is 0 Å². The molecule has 0 spiro atoms. The van der Waals surface area contributed by atoms with Crippen molar-refractivity contribution in [1.29, 1.82) is 0 Å². The Morgan fingerprint density at radius 3 is 1.93 bits per heavy atom. The van der Waals surface area contributed by atoms with Crippen LogP contribution in [0.25, 0.3) is 0 Å². The molecule has 0 bridgehead atoms. The van der Waals surface area contributed by atoms with Gasteiger partial charge in [-0.15, -0.1) is 0 Å². The van der Waals surface area contributed by atoms with Crippen LogP contribution in [0.5, 0.6) is 0 Å². The van der Waals surface area contributed by atoms with Gasteiger partial charge in [0.1, 0.15) is 6.10 Å². The topological polar surface area (TPSA) is 26.3 Å². The second-order valence-corrected chi connectivity index (χ2v) is 9.20. The number of carbonyl (C=O) groups excluding carboxylic acids is 1. The fourth-order valence-corrected chi connectivity index (χ4v) is 5.26. The maximum atomic E-state index is 13.3. The highest BCUT2D eigenvalue weighted by molar-refractivity contribution is 5.80. The molecule has 28 heavy (non-hydrogen) atoms. The molecule has 0 saturated heterocycles. The van der Waals surface area contributed by atoms with E-state index in [-0.39, 0.29) is 29.8 Å². The fraction of sp³-hybridized carbons (Fsp3) is 0.500. The predicted octanol–water partition coefficient (Wildman–Crippen LogP) is 6.19. The van der Waals surface area contributed by atoms with E-state index in [0.29, 0.717) is 17.8 Å². The number of rotatable bonds is 5. The third-order valence-corrected chi connectivity index (χ3v) is 6.89. The van der Waals surface area contributed by atoms with Gasteiger partial charge in [-0.2, -0.15) is 0 Å². The SMILES string of the molecule is CC(C)[C@@H]1CC[C@@H](C)C[C@@H]1OC(=O)C1[C@@H](c2ccccc2)[C@@H]1c1ccccc1. The van der Waals surface area contributed by atoms with Crippen LogP contribution in [0.1, 0.15) is 63.0 Å². The van der Waals surface area contributed by atoms with Crippen molar-refractivity contribution in [2.45, 2.75) is 58.0 Å². The number of hydrogen-bond donors (Lipinski definition) is 0. The van der Waals surface area contributed by atoms with Crippen LogP contribution in [0.4, 0.5) is 0 Å². The molecule has 0 N–H and O–H groups in total. The standard InChI is InChI=1S/C26H32O2/c1-17(2)21-15-14-18(3)16-22(21)28-26(27)25-23(19-10-6-4-7-11-19)24(25)20-12-8-5-9-13-20/h4-13,17-18,21-25H,14-16H2,1-3H3/t18-,21+,22+,23+,24+/m1/s1. The molecule has 2 aliphatic carbocycles. The molecule has 0 unspecified atom stereocenters. The molecule has 2 aromatic rings. The summed E-state index contributed by atoms with van der Waals surface area (Å²) in [6, 6.07) is 20.9. The average Bonchev–Trinajstić information content (AvgIpc) is 3.45. The smallest absolute Gasteiger partial charge is 0.310 e. The monoisotopic (exact) mass is 376 g/mol. The Kier molecular flexibility index (Phi) is 5.57. The minimum Gasteiger partial charge on any atom is -0.462 e. The van der Waals surface area contributed by atoms with E-state index in [4.69, 9.17) is 4.74 Å². The molecule has 5 atom stereocenters. The number of hydrogen-bond acceptors (Lipinski definition) is 2. The minimum absolute atomic E-state index is 0.00690. The van der Waals surface area contributed by atoms with Gasteiger partial charge in [0.25, 0.3) is 0 Å². The second-order valence-electron chi connectivity index (χ2n) is 9.20. The molecule has 4 rings (SSSR count). The van der Waals surface area contributed by atoms with Gasteiger partial charge < -0.3 is 4.74 Å². The molecule has 0 heterocycles. The Labute approximate surface area is 169 Å². The van der Waals surface area contributed by atoms with Gasteiger partial charge in [0, 0.05) is 11.8 Å². The first kappa shape index (κ1) is 19.2. The molecule has 2 fully saturated rings. The third kappa shape index (κ3) is 3.87. The van der Waals surface area contributed by atoms with Gasteiger partial charge in [-0.05, 0) is 41.7 Å². The van der Waals surface area contributed by atoms with Crippen LogP contribution in [0.3, 0.4) is 0 Å². The first-order valence-electron chi connectivity index (χ1n) is 10.9. The average molecular weight is 377 g/mol. The van der Waals surface area contributed by atoms with Crippen molar-refractivity contribution in [3.05, 3.63) is 71.8 Å². The third-order valence-electron chi connectivity index (χ3n) is 6.89. The van der Waals surface area contributed by atoms with Gasteiger partial charge in [-0.3, -0.25) is 4.79 Å². The Morgan fingerprint density at radius 2 is 1.43 bits per heavy atom. The van der Waals surface area contributed by atoms with Crippen molar-refractivity contribution in [1.82, 2.24) is 0 Å². The van der Waals surface area contributed by atoms with Gasteiger partial charge in [0.2, 0.25) is 0 Å². The number of ether oxygens (including phenoxy) is 1. The van der Waals surface area contributed by atoms with Crippen LogP contribution in [-0.2, 0) is 9.53 Å². The van der Waals surface area contributed by atoms with Crippen LogP contribution < -0.4 is 0 Å². The highest BCUT2D eigenvalue weighted by Gasteiger charge is 2.57. The lowest BCUT2D eigenvalue weighted by Crippen LogP contribution is -2.36. The van der Waals surface area contributed by atoms with Crippen molar-refractivity contribution in [3.63, 3.8) is 0 Å². The molecule has 2 aliphatic rings. The molecule has 0 amide bonds. The first-order chi connectivity index (χ1) is 13.6. The summed E-state index contributed by atoms with van der Waals surface area (Å²) in [5.74, 6) is 2.09. The Hall–Kier alpha value is -2.09. The summed E-state index contributed by atoms with van der Waals surface area (Å²) in [7, 11) is 0. The fourth-order valence-electron chi connectivity index (χ4n) is 5.26. The van der Waals surface area contributed by atoms with E-state index in [0.717, 1.165) is 6.42 Å². The van der Waals surface area contributed by atoms with Crippen LogP contribution >= 0.6 is 0 Å². The van der Waals surface area contributed by atoms with Crippen LogP contribution in [0.15, 0.2) is 60.7 Å². The summed E-state index contributed by atoms with van der Waals surface area (Å²) in [4.78, 5) is 13.3. The summed E-state index contributed by atoms with van der Waals surface area (Å²) in [6.45, 7) is 6.81. The zero-order chi connectivity index (χ0) is 19.7. The Balaban J connectivity index is 1.54. The molecule has 148 valence electrons. The minimum atomic E-state index is -0.0603. The number of benzene rings is 2. The van der Waals surface area contributed by atoms with Gasteiger partial charge >= 0.3 is 5.97 Å². The molecule has 0 aliphatic heterocycles. The zero-order valence-corrected chi connectivity index (χ0v) is 17.3. The lowest BCUT2D eigenvalue weighted by atomic mass is 9.75. The van der Waals surface area contributed by atoms with E-state index in [2.05, 4.69) is 69.3 Å². The predicted molar refractivity (Wildman–Crippen MR) is 113 cm³/mol. The van der Waals surface area contributed by atoms with Crippen molar-refractivity contribution < 1.29 is 9.53 Å². The van der Waals surface area contributed by atoms with E-state index in [9.17, 15) is 4.79 Å². The largest absolute Gasteiger partial charge is 0.462 e. The van der Waals surface area contributed by atoms with Gasteiger partial charge in [-0.1, -0.05) is 87.9 Å².